The number of carbonyl (C=O) groups is 1. The molecule has 0 radical (unpaired) electrons. The largest absolute Gasteiger partial charge is 0.381 e. The molecule has 1 atom stereocenters. The van der Waals surface area contributed by atoms with E-state index in [4.69, 9.17) is 4.74 Å². The lowest BCUT2D eigenvalue weighted by molar-refractivity contribution is -0.135. The lowest BCUT2D eigenvalue weighted by Gasteiger charge is -2.24. The van der Waals surface area contributed by atoms with E-state index in [9.17, 15) is 4.79 Å². The fourth-order valence-electron chi connectivity index (χ4n) is 3.37. The Kier molecular flexibility index (Phi) is 5.68. The SMILES string of the molecule is CN(C)c1ccc(CN2CCCN(C(=O)C3CCOC3)CC2)cn1. The Hall–Kier alpha value is -1.66. The van der Waals surface area contributed by atoms with Gasteiger partial charge in [-0.25, -0.2) is 4.98 Å². The number of aromatic nitrogens is 1. The highest BCUT2D eigenvalue weighted by Gasteiger charge is 2.29. The quantitative estimate of drug-likeness (QED) is 0.830. The average Bonchev–Trinajstić information content (AvgIpc) is 3.02. The van der Waals surface area contributed by atoms with E-state index in [2.05, 4.69) is 22.0 Å². The molecule has 1 amide bonds. The molecular weight excluding hydrogens is 304 g/mol. The molecule has 3 heterocycles. The number of nitrogens with zero attached hydrogens (tertiary/aromatic N) is 4. The number of hydrogen-bond acceptors (Lipinski definition) is 5. The Bertz CT molecular complexity index is 540. The van der Waals surface area contributed by atoms with Crippen molar-refractivity contribution in [3.8, 4) is 0 Å². The first-order valence-electron chi connectivity index (χ1n) is 8.84. The van der Waals surface area contributed by atoms with Crippen molar-refractivity contribution < 1.29 is 9.53 Å². The second-order valence-electron chi connectivity index (χ2n) is 6.93. The van der Waals surface area contributed by atoms with E-state index in [1.54, 1.807) is 0 Å². The monoisotopic (exact) mass is 332 g/mol. The van der Waals surface area contributed by atoms with Crippen molar-refractivity contribution in [1.29, 1.82) is 0 Å². The highest BCUT2D eigenvalue weighted by Crippen LogP contribution is 2.18. The predicted octanol–water partition coefficient (Wildman–Crippen LogP) is 1.22. The van der Waals surface area contributed by atoms with Crippen LogP contribution < -0.4 is 4.90 Å². The molecule has 0 bridgehead atoms. The number of amides is 1. The molecule has 0 aliphatic carbocycles. The minimum atomic E-state index is 0.0827. The van der Waals surface area contributed by atoms with Crippen LogP contribution >= 0.6 is 0 Å². The van der Waals surface area contributed by atoms with Gasteiger partial charge in [0.2, 0.25) is 5.91 Å². The van der Waals surface area contributed by atoms with Crippen molar-refractivity contribution in [3.05, 3.63) is 23.9 Å². The molecule has 132 valence electrons. The number of rotatable bonds is 4. The molecule has 2 aliphatic rings. The molecule has 0 saturated carbocycles. The lowest BCUT2D eigenvalue weighted by atomic mass is 10.1. The number of hydrogen-bond donors (Lipinski definition) is 0. The van der Waals surface area contributed by atoms with E-state index in [0.29, 0.717) is 6.61 Å². The maximum absolute atomic E-state index is 12.5. The predicted molar refractivity (Wildman–Crippen MR) is 94.0 cm³/mol. The van der Waals surface area contributed by atoms with E-state index in [-0.39, 0.29) is 11.8 Å². The Morgan fingerprint density at radius 3 is 2.83 bits per heavy atom. The van der Waals surface area contributed by atoms with Crippen LogP contribution in [0.25, 0.3) is 0 Å². The first-order chi connectivity index (χ1) is 11.6. The van der Waals surface area contributed by atoms with E-state index in [1.165, 1.54) is 5.56 Å². The summed E-state index contributed by atoms with van der Waals surface area (Å²) >= 11 is 0. The number of pyridine rings is 1. The highest BCUT2D eigenvalue weighted by atomic mass is 16.5. The third kappa shape index (κ3) is 4.24. The molecule has 6 heteroatoms. The Labute approximate surface area is 144 Å². The van der Waals surface area contributed by atoms with Gasteiger partial charge in [0.25, 0.3) is 0 Å². The fraction of sp³-hybridized carbons (Fsp3) is 0.667. The van der Waals surface area contributed by atoms with E-state index < -0.39 is 0 Å². The van der Waals surface area contributed by atoms with Gasteiger partial charge in [-0.2, -0.15) is 0 Å². The van der Waals surface area contributed by atoms with Gasteiger partial charge < -0.3 is 14.5 Å². The van der Waals surface area contributed by atoms with Gasteiger partial charge in [0.05, 0.1) is 12.5 Å². The summed E-state index contributed by atoms with van der Waals surface area (Å²) in [5.41, 5.74) is 1.23. The zero-order chi connectivity index (χ0) is 16.9. The summed E-state index contributed by atoms with van der Waals surface area (Å²) in [6.07, 6.45) is 3.87. The number of anilines is 1. The molecule has 0 aromatic carbocycles. The highest BCUT2D eigenvalue weighted by molar-refractivity contribution is 5.79. The number of ether oxygens (including phenoxy) is 1. The molecule has 2 aliphatic heterocycles. The van der Waals surface area contributed by atoms with E-state index >= 15 is 0 Å². The summed E-state index contributed by atoms with van der Waals surface area (Å²) in [6.45, 7) is 5.86. The zero-order valence-corrected chi connectivity index (χ0v) is 14.8. The Balaban J connectivity index is 1.52. The third-order valence-electron chi connectivity index (χ3n) is 4.85. The second-order valence-corrected chi connectivity index (χ2v) is 6.93. The van der Waals surface area contributed by atoms with Crippen LogP contribution in [0.4, 0.5) is 5.82 Å². The first kappa shape index (κ1) is 17.2. The van der Waals surface area contributed by atoms with E-state index in [1.807, 2.05) is 30.1 Å². The fourth-order valence-corrected chi connectivity index (χ4v) is 3.37. The summed E-state index contributed by atoms with van der Waals surface area (Å²) in [6, 6.07) is 4.20. The van der Waals surface area contributed by atoms with Gasteiger partial charge >= 0.3 is 0 Å². The molecule has 6 nitrogen and oxygen atoms in total. The van der Waals surface area contributed by atoms with Crippen LogP contribution in [-0.4, -0.2) is 74.2 Å². The minimum Gasteiger partial charge on any atom is -0.381 e. The van der Waals surface area contributed by atoms with Gasteiger partial charge in [-0.15, -0.1) is 0 Å². The standard InChI is InChI=1S/C18H28N4O2/c1-20(2)17-5-4-15(12-19-17)13-21-7-3-8-22(10-9-21)18(23)16-6-11-24-14-16/h4-5,12,16H,3,6-11,13-14H2,1-2H3. The molecule has 3 rings (SSSR count). The second kappa shape index (κ2) is 7.94. The Morgan fingerprint density at radius 1 is 1.29 bits per heavy atom. The first-order valence-corrected chi connectivity index (χ1v) is 8.84. The molecule has 0 spiro atoms. The van der Waals surface area contributed by atoms with Gasteiger partial charge in [0.1, 0.15) is 5.82 Å². The maximum atomic E-state index is 12.5. The molecule has 1 aromatic heterocycles. The van der Waals surface area contributed by atoms with Crippen molar-refractivity contribution in [2.45, 2.75) is 19.4 Å². The van der Waals surface area contributed by atoms with Crippen molar-refractivity contribution in [1.82, 2.24) is 14.8 Å². The van der Waals surface area contributed by atoms with Crippen molar-refractivity contribution in [3.63, 3.8) is 0 Å². The Morgan fingerprint density at radius 2 is 2.17 bits per heavy atom. The smallest absolute Gasteiger partial charge is 0.228 e. The normalized spacial score (nSPS) is 22.4. The van der Waals surface area contributed by atoms with Gasteiger partial charge in [0.15, 0.2) is 0 Å². The van der Waals surface area contributed by atoms with Crippen LogP contribution in [0, 0.1) is 5.92 Å². The summed E-state index contributed by atoms with van der Waals surface area (Å²) < 4.78 is 5.36. The van der Waals surface area contributed by atoms with Gasteiger partial charge in [0, 0.05) is 59.6 Å². The molecule has 24 heavy (non-hydrogen) atoms. The van der Waals surface area contributed by atoms with Crippen LogP contribution in [0.5, 0.6) is 0 Å². The summed E-state index contributed by atoms with van der Waals surface area (Å²) in [7, 11) is 4.00. The van der Waals surface area contributed by atoms with Crippen molar-refractivity contribution >= 4 is 11.7 Å². The third-order valence-corrected chi connectivity index (χ3v) is 4.85. The van der Waals surface area contributed by atoms with Crippen LogP contribution in [0.15, 0.2) is 18.3 Å². The molecule has 2 saturated heterocycles. The maximum Gasteiger partial charge on any atom is 0.228 e. The lowest BCUT2D eigenvalue weighted by Crippen LogP contribution is -2.39. The molecule has 2 fully saturated rings. The van der Waals surface area contributed by atoms with Gasteiger partial charge in [-0.3, -0.25) is 9.69 Å². The summed E-state index contributed by atoms with van der Waals surface area (Å²) in [5, 5.41) is 0. The van der Waals surface area contributed by atoms with Crippen LogP contribution in [0.2, 0.25) is 0 Å². The topological polar surface area (TPSA) is 48.9 Å². The van der Waals surface area contributed by atoms with E-state index in [0.717, 1.165) is 58.0 Å². The molecule has 1 unspecified atom stereocenters. The van der Waals surface area contributed by atoms with Gasteiger partial charge in [-0.1, -0.05) is 6.07 Å². The van der Waals surface area contributed by atoms with Crippen molar-refractivity contribution in [2.24, 2.45) is 5.92 Å². The molecule has 1 aromatic rings. The molecule has 0 N–H and O–H groups in total. The summed E-state index contributed by atoms with van der Waals surface area (Å²) in [5.74, 6) is 1.34. The zero-order valence-electron chi connectivity index (χ0n) is 14.8. The average molecular weight is 332 g/mol. The van der Waals surface area contributed by atoms with Crippen LogP contribution in [-0.2, 0) is 16.1 Å². The number of carbonyl (C=O) groups excluding carboxylic acids is 1. The van der Waals surface area contributed by atoms with Crippen LogP contribution in [0.3, 0.4) is 0 Å². The van der Waals surface area contributed by atoms with Crippen LogP contribution in [0.1, 0.15) is 18.4 Å². The van der Waals surface area contributed by atoms with Crippen molar-refractivity contribution in [2.75, 3.05) is 58.4 Å². The molecular formula is C18H28N4O2. The van der Waals surface area contributed by atoms with Gasteiger partial charge in [-0.05, 0) is 24.5 Å². The minimum absolute atomic E-state index is 0.0827. The summed E-state index contributed by atoms with van der Waals surface area (Å²) in [4.78, 5) is 23.5.